The van der Waals surface area contributed by atoms with Crippen LogP contribution in [0.15, 0.2) is 4.99 Å². The summed E-state index contributed by atoms with van der Waals surface area (Å²) >= 11 is 0. The van der Waals surface area contributed by atoms with Crippen LogP contribution >= 0.6 is 0 Å². The van der Waals surface area contributed by atoms with E-state index in [1.807, 2.05) is 0 Å². The molecule has 11 heavy (non-hydrogen) atoms. The fourth-order valence-electron chi connectivity index (χ4n) is 0.809. The van der Waals surface area contributed by atoms with Crippen molar-refractivity contribution in [3.63, 3.8) is 0 Å². The average Bonchev–Trinajstić information content (AvgIpc) is 2.05. The number of amidine groups is 1. The normalized spacial score (nSPS) is 11.7. The number of rotatable bonds is 5. The van der Waals surface area contributed by atoms with Gasteiger partial charge in [0.15, 0.2) is 0 Å². The molecule has 0 bridgehead atoms. The van der Waals surface area contributed by atoms with Crippen LogP contribution in [0.5, 0.6) is 0 Å². The van der Waals surface area contributed by atoms with Crippen molar-refractivity contribution in [3.05, 3.63) is 0 Å². The summed E-state index contributed by atoms with van der Waals surface area (Å²) < 4.78 is 0. The Labute approximate surface area is 70.1 Å². The first kappa shape index (κ1) is 10.5. The predicted octanol–water partition coefficient (Wildman–Crippen LogP) is 2.20. The van der Waals surface area contributed by atoms with Gasteiger partial charge in [-0.3, -0.25) is 4.99 Å². The summed E-state index contributed by atoms with van der Waals surface area (Å²) in [5.74, 6) is 1.16. The third-order valence-corrected chi connectivity index (χ3v) is 1.44. The molecule has 2 heteroatoms. The summed E-state index contributed by atoms with van der Waals surface area (Å²) in [5.41, 5.74) is 0. The minimum atomic E-state index is 0.958. The van der Waals surface area contributed by atoms with Crippen molar-refractivity contribution < 1.29 is 0 Å². The molecule has 0 aromatic rings. The number of nitrogens with one attached hydrogen (secondary N) is 1. The Hall–Kier alpha value is -0.530. The highest BCUT2D eigenvalue weighted by Crippen LogP contribution is 1.85. The Kier molecular flexibility index (Phi) is 7.21. The van der Waals surface area contributed by atoms with Gasteiger partial charge in [-0.1, -0.05) is 20.8 Å². The molecule has 1 N–H and O–H groups in total. The van der Waals surface area contributed by atoms with Crippen LogP contribution in [0.25, 0.3) is 0 Å². The molecule has 2 nitrogen and oxygen atoms in total. The molecule has 0 amide bonds. The van der Waals surface area contributed by atoms with Crippen LogP contribution in [0, 0.1) is 0 Å². The standard InChI is InChI=1S/C9H20N2/c1-4-7-10-9(6-3)11-8-5-2/h4-8H2,1-3H3,(H,10,11). The summed E-state index contributed by atoms with van der Waals surface area (Å²) in [6.45, 7) is 8.46. The van der Waals surface area contributed by atoms with Crippen LogP contribution in [0.4, 0.5) is 0 Å². The third-order valence-electron chi connectivity index (χ3n) is 1.44. The molecule has 0 unspecified atom stereocenters. The van der Waals surface area contributed by atoms with Gasteiger partial charge in [0.2, 0.25) is 0 Å². The van der Waals surface area contributed by atoms with Gasteiger partial charge >= 0.3 is 0 Å². The highest BCUT2D eigenvalue weighted by molar-refractivity contribution is 5.81. The molecule has 0 aromatic heterocycles. The second-order valence-corrected chi connectivity index (χ2v) is 2.61. The fourth-order valence-corrected chi connectivity index (χ4v) is 0.809. The number of nitrogens with zero attached hydrogens (tertiary/aromatic N) is 1. The molecule has 0 saturated heterocycles. The molecule has 0 spiro atoms. The van der Waals surface area contributed by atoms with E-state index in [0.717, 1.165) is 31.8 Å². The van der Waals surface area contributed by atoms with Gasteiger partial charge in [0, 0.05) is 19.5 Å². The lowest BCUT2D eigenvalue weighted by molar-refractivity contribution is 0.811. The number of hydrogen-bond donors (Lipinski definition) is 1. The largest absolute Gasteiger partial charge is 0.374 e. The SMILES string of the molecule is CCCN=C(CC)NCCC. The van der Waals surface area contributed by atoms with Crippen LogP contribution in [-0.2, 0) is 0 Å². The maximum absolute atomic E-state index is 4.40. The molecule has 0 aromatic carbocycles. The number of hydrogen-bond acceptors (Lipinski definition) is 1. The van der Waals surface area contributed by atoms with Crippen LogP contribution < -0.4 is 5.32 Å². The van der Waals surface area contributed by atoms with E-state index in [0.29, 0.717) is 0 Å². The van der Waals surface area contributed by atoms with E-state index in [4.69, 9.17) is 0 Å². The Bertz CT molecular complexity index is 108. The third kappa shape index (κ3) is 5.89. The first-order chi connectivity index (χ1) is 5.35. The van der Waals surface area contributed by atoms with Gasteiger partial charge in [-0.05, 0) is 12.8 Å². The van der Waals surface area contributed by atoms with Crippen LogP contribution in [0.1, 0.15) is 40.0 Å². The van der Waals surface area contributed by atoms with Crippen LogP contribution in [0.2, 0.25) is 0 Å². The van der Waals surface area contributed by atoms with E-state index in [9.17, 15) is 0 Å². The van der Waals surface area contributed by atoms with Crippen molar-refractivity contribution in [2.45, 2.75) is 40.0 Å². The molecule has 0 fully saturated rings. The lowest BCUT2D eigenvalue weighted by atomic mass is 10.4. The zero-order valence-corrected chi connectivity index (χ0v) is 7.98. The van der Waals surface area contributed by atoms with Crippen molar-refractivity contribution in [2.75, 3.05) is 13.1 Å². The lowest BCUT2D eigenvalue weighted by Gasteiger charge is -2.05. The molecule has 0 rings (SSSR count). The summed E-state index contributed by atoms with van der Waals surface area (Å²) in [4.78, 5) is 4.40. The second-order valence-electron chi connectivity index (χ2n) is 2.61. The summed E-state index contributed by atoms with van der Waals surface area (Å²) in [5, 5.41) is 3.30. The Morgan fingerprint density at radius 3 is 2.36 bits per heavy atom. The lowest BCUT2D eigenvalue weighted by Crippen LogP contribution is -2.23. The second kappa shape index (κ2) is 7.58. The minimum absolute atomic E-state index is 0.958. The Balaban J connectivity index is 3.55. The van der Waals surface area contributed by atoms with Gasteiger partial charge in [0.05, 0.1) is 5.84 Å². The molecular formula is C9H20N2. The van der Waals surface area contributed by atoms with E-state index in [1.54, 1.807) is 0 Å². The van der Waals surface area contributed by atoms with Crippen molar-refractivity contribution in [3.8, 4) is 0 Å². The predicted molar refractivity (Wildman–Crippen MR) is 51.2 cm³/mol. The van der Waals surface area contributed by atoms with Crippen molar-refractivity contribution >= 4 is 5.84 Å². The molecule has 0 radical (unpaired) electrons. The van der Waals surface area contributed by atoms with E-state index in [-0.39, 0.29) is 0 Å². The zero-order valence-electron chi connectivity index (χ0n) is 7.98. The molecular weight excluding hydrogens is 136 g/mol. The first-order valence-electron chi connectivity index (χ1n) is 4.62. The van der Waals surface area contributed by atoms with Crippen molar-refractivity contribution in [1.82, 2.24) is 5.32 Å². The van der Waals surface area contributed by atoms with E-state index < -0.39 is 0 Å². The fraction of sp³-hybridized carbons (Fsp3) is 0.889. The smallest absolute Gasteiger partial charge is 0.0960 e. The molecule has 0 heterocycles. The molecule has 0 aliphatic carbocycles. The van der Waals surface area contributed by atoms with Gasteiger partial charge in [-0.15, -0.1) is 0 Å². The van der Waals surface area contributed by atoms with Gasteiger partial charge in [-0.2, -0.15) is 0 Å². The van der Waals surface area contributed by atoms with E-state index in [2.05, 4.69) is 31.1 Å². The number of aliphatic imine (C=N–C) groups is 1. The summed E-state index contributed by atoms with van der Waals surface area (Å²) in [6.07, 6.45) is 3.34. The zero-order chi connectivity index (χ0) is 8.53. The molecule has 0 atom stereocenters. The molecule has 0 aliphatic rings. The van der Waals surface area contributed by atoms with Crippen molar-refractivity contribution in [2.24, 2.45) is 4.99 Å². The topological polar surface area (TPSA) is 24.4 Å². The van der Waals surface area contributed by atoms with E-state index >= 15 is 0 Å². The summed E-state index contributed by atoms with van der Waals surface area (Å²) in [7, 11) is 0. The highest BCUT2D eigenvalue weighted by Gasteiger charge is 1.91. The Morgan fingerprint density at radius 1 is 1.18 bits per heavy atom. The quantitative estimate of drug-likeness (QED) is 0.479. The maximum atomic E-state index is 4.40. The van der Waals surface area contributed by atoms with Gasteiger partial charge < -0.3 is 5.32 Å². The van der Waals surface area contributed by atoms with Crippen molar-refractivity contribution in [1.29, 1.82) is 0 Å². The Morgan fingerprint density at radius 2 is 1.91 bits per heavy atom. The molecule has 0 aliphatic heterocycles. The van der Waals surface area contributed by atoms with Crippen LogP contribution in [0.3, 0.4) is 0 Å². The summed E-state index contributed by atoms with van der Waals surface area (Å²) in [6, 6.07) is 0. The van der Waals surface area contributed by atoms with Crippen LogP contribution in [-0.4, -0.2) is 18.9 Å². The average molecular weight is 156 g/mol. The highest BCUT2D eigenvalue weighted by atomic mass is 15.0. The first-order valence-corrected chi connectivity index (χ1v) is 4.62. The molecule has 0 saturated carbocycles. The van der Waals surface area contributed by atoms with E-state index in [1.165, 1.54) is 6.42 Å². The van der Waals surface area contributed by atoms with Gasteiger partial charge in [0.25, 0.3) is 0 Å². The van der Waals surface area contributed by atoms with Gasteiger partial charge in [0.1, 0.15) is 0 Å². The monoisotopic (exact) mass is 156 g/mol. The van der Waals surface area contributed by atoms with Gasteiger partial charge in [-0.25, -0.2) is 0 Å². The minimum Gasteiger partial charge on any atom is -0.374 e. The maximum Gasteiger partial charge on any atom is 0.0960 e. The molecule has 66 valence electrons.